The molecule has 2 aromatic heterocycles. The molecular formula is C18H24N4O. The van der Waals surface area contributed by atoms with E-state index in [1.807, 2.05) is 37.5 Å². The maximum absolute atomic E-state index is 12.5. The highest BCUT2D eigenvalue weighted by molar-refractivity contribution is 5.96. The summed E-state index contributed by atoms with van der Waals surface area (Å²) in [6, 6.07) is 5.55. The van der Waals surface area contributed by atoms with Gasteiger partial charge < -0.3 is 9.47 Å². The minimum atomic E-state index is 0.0913. The smallest absolute Gasteiger partial charge is 0.185 e. The van der Waals surface area contributed by atoms with E-state index in [4.69, 9.17) is 0 Å². The third-order valence-corrected chi connectivity index (χ3v) is 4.59. The van der Waals surface area contributed by atoms with E-state index < -0.39 is 0 Å². The second-order valence-corrected chi connectivity index (χ2v) is 6.24. The largest absolute Gasteiger partial charge is 0.335 e. The van der Waals surface area contributed by atoms with Crippen molar-refractivity contribution in [3.05, 3.63) is 48.3 Å². The zero-order valence-electron chi connectivity index (χ0n) is 13.7. The third-order valence-electron chi connectivity index (χ3n) is 4.59. The topological polar surface area (TPSA) is 51.0 Å². The average Bonchev–Trinajstić information content (AvgIpc) is 3.00. The van der Waals surface area contributed by atoms with E-state index in [1.165, 1.54) is 0 Å². The molecule has 0 unspecified atom stereocenters. The first kappa shape index (κ1) is 15.9. The van der Waals surface area contributed by atoms with Crippen LogP contribution in [0.1, 0.15) is 35.6 Å². The van der Waals surface area contributed by atoms with Gasteiger partial charge in [-0.25, -0.2) is 4.98 Å². The van der Waals surface area contributed by atoms with E-state index in [9.17, 15) is 4.79 Å². The Bertz CT molecular complexity index is 637. The summed E-state index contributed by atoms with van der Waals surface area (Å²) < 4.78 is 2.18. The molecular weight excluding hydrogens is 288 g/mol. The van der Waals surface area contributed by atoms with Crippen molar-refractivity contribution in [1.82, 2.24) is 19.4 Å². The van der Waals surface area contributed by atoms with E-state index in [1.54, 1.807) is 6.20 Å². The van der Waals surface area contributed by atoms with E-state index in [0.29, 0.717) is 5.69 Å². The number of hydrogen-bond acceptors (Lipinski definition) is 4. The molecule has 0 saturated carbocycles. The summed E-state index contributed by atoms with van der Waals surface area (Å²) in [5.74, 6) is 1.35. The van der Waals surface area contributed by atoms with Crippen LogP contribution in [0.3, 0.4) is 0 Å². The fourth-order valence-electron chi connectivity index (χ4n) is 3.29. The predicted octanol–water partition coefficient (Wildman–Crippen LogP) is 2.57. The highest BCUT2D eigenvalue weighted by Gasteiger charge is 2.26. The molecule has 122 valence electrons. The molecule has 1 atom stereocenters. The summed E-state index contributed by atoms with van der Waals surface area (Å²) in [6.45, 7) is 6.00. The van der Waals surface area contributed by atoms with Gasteiger partial charge in [-0.15, -0.1) is 0 Å². The number of imidazole rings is 1. The Morgan fingerprint density at radius 1 is 1.26 bits per heavy atom. The highest BCUT2D eigenvalue weighted by Crippen LogP contribution is 2.20. The van der Waals surface area contributed by atoms with Gasteiger partial charge in [0.1, 0.15) is 11.5 Å². The third kappa shape index (κ3) is 4.05. The van der Waals surface area contributed by atoms with Crippen molar-refractivity contribution in [1.29, 1.82) is 0 Å². The molecule has 0 amide bonds. The molecule has 3 rings (SSSR count). The number of likely N-dealkylation sites (tertiary alicyclic amines) is 1. The molecule has 23 heavy (non-hydrogen) atoms. The Morgan fingerprint density at radius 3 is 2.91 bits per heavy atom. The first-order valence-corrected chi connectivity index (χ1v) is 8.39. The number of aryl methyl sites for hydroxylation is 2. The first-order valence-electron chi connectivity index (χ1n) is 8.39. The van der Waals surface area contributed by atoms with Crippen molar-refractivity contribution in [3.8, 4) is 0 Å². The van der Waals surface area contributed by atoms with Gasteiger partial charge in [0, 0.05) is 37.6 Å². The maximum Gasteiger partial charge on any atom is 0.185 e. The Labute approximate surface area is 137 Å². The lowest BCUT2D eigenvalue weighted by atomic mass is 9.92. The van der Waals surface area contributed by atoms with E-state index in [0.717, 1.165) is 51.3 Å². The molecule has 0 aliphatic carbocycles. The van der Waals surface area contributed by atoms with E-state index in [-0.39, 0.29) is 11.7 Å². The normalized spacial score (nSPS) is 18.9. The Balaban J connectivity index is 1.50. The summed E-state index contributed by atoms with van der Waals surface area (Å²) in [6.07, 6.45) is 8.72. The van der Waals surface area contributed by atoms with Crippen molar-refractivity contribution in [2.75, 3.05) is 19.6 Å². The number of aromatic nitrogens is 3. The molecule has 1 aliphatic rings. The van der Waals surface area contributed by atoms with E-state index in [2.05, 4.69) is 19.4 Å². The minimum absolute atomic E-state index is 0.0913. The molecule has 0 bridgehead atoms. The van der Waals surface area contributed by atoms with Gasteiger partial charge in [-0.2, -0.15) is 0 Å². The summed E-state index contributed by atoms with van der Waals surface area (Å²) in [5.41, 5.74) is 0.605. The summed E-state index contributed by atoms with van der Waals surface area (Å²) >= 11 is 0. The first-order chi connectivity index (χ1) is 11.2. The SMILES string of the molecule is Cc1nccn1CCCN1CCC[C@H](C(=O)c2ccccn2)C1. The number of carbonyl (C=O) groups is 1. The van der Waals surface area contributed by atoms with Crippen LogP contribution in [0, 0.1) is 12.8 Å². The molecule has 1 fully saturated rings. The Kier molecular flexibility index (Phi) is 5.18. The molecule has 1 aliphatic heterocycles. The van der Waals surface area contributed by atoms with Gasteiger partial charge in [-0.3, -0.25) is 9.78 Å². The number of hydrogen-bond donors (Lipinski definition) is 0. The van der Waals surface area contributed by atoms with Gasteiger partial charge in [0.15, 0.2) is 5.78 Å². The molecule has 0 N–H and O–H groups in total. The number of pyridine rings is 1. The van der Waals surface area contributed by atoms with Crippen LogP contribution in [0.25, 0.3) is 0 Å². The average molecular weight is 312 g/mol. The van der Waals surface area contributed by atoms with Gasteiger partial charge >= 0.3 is 0 Å². The van der Waals surface area contributed by atoms with Crippen molar-refractivity contribution in [2.45, 2.75) is 32.7 Å². The fraction of sp³-hybridized carbons (Fsp3) is 0.500. The Morgan fingerprint density at radius 2 is 2.17 bits per heavy atom. The zero-order valence-corrected chi connectivity index (χ0v) is 13.7. The van der Waals surface area contributed by atoms with Crippen LogP contribution in [0.2, 0.25) is 0 Å². The van der Waals surface area contributed by atoms with E-state index >= 15 is 0 Å². The lowest BCUT2D eigenvalue weighted by molar-refractivity contribution is 0.0812. The van der Waals surface area contributed by atoms with Crippen LogP contribution in [0.5, 0.6) is 0 Å². The molecule has 1 saturated heterocycles. The summed E-state index contributed by atoms with van der Waals surface area (Å²) in [5, 5.41) is 0. The molecule has 0 radical (unpaired) electrons. The standard InChI is InChI=1S/C18H24N4O/c1-15-19-9-13-22(15)12-5-11-21-10-4-6-16(14-21)18(23)17-7-2-3-8-20-17/h2-3,7-9,13,16H,4-6,10-12,14H2,1H3/t16-/m0/s1. The van der Waals surface area contributed by atoms with Gasteiger partial charge in [0.25, 0.3) is 0 Å². The van der Waals surface area contributed by atoms with Crippen LogP contribution in [-0.4, -0.2) is 44.9 Å². The number of nitrogens with zero attached hydrogens (tertiary/aromatic N) is 4. The van der Waals surface area contributed by atoms with Gasteiger partial charge in [-0.1, -0.05) is 6.07 Å². The molecule has 3 heterocycles. The second-order valence-electron chi connectivity index (χ2n) is 6.24. The lowest BCUT2D eigenvalue weighted by Gasteiger charge is -2.31. The fourth-order valence-corrected chi connectivity index (χ4v) is 3.29. The van der Waals surface area contributed by atoms with Gasteiger partial charge in [-0.05, 0) is 51.4 Å². The summed E-state index contributed by atoms with van der Waals surface area (Å²) in [7, 11) is 0. The van der Waals surface area contributed by atoms with Crippen molar-refractivity contribution < 1.29 is 4.79 Å². The van der Waals surface area contributed by atoms with Gasteiger partial charge in [0.2, 0.25) is 0 Å². The van der Waals surface area contributed by atoms with Crippen LogP contribution < -0.4 is 0 Å². The number of ketones is 1. The number of carbonyl (C=O) groups excluding carboxylic acids is 1. The van der Waals surface area contributed by atoms with Crippen molar-refractivity contribution >= 4 is 5.78 Å². The maximum atomic E-state index is 12.5. The predicted molar refractivity (Wildman–Crippen MR) is 89.3 cm³/mol. The summed E-state index contributed by atoms with van der Waals surface area (Å²) in [4.78, 5) is 23.4. The number of piperidine rings is 1. The quantitative estimate of drug-likeness (QED) is 0.769. The molecule has 5 nitrogen and oxygen atoms in total. The highest BCUT2D eigenvalue weighted by atomic mass is 16.1. The van der Waals surface area contributed by atoms with Crippen LogP contribution in [0.15, 0.2) is 36.8 Å². The molecule has 0 spiro atoms. The van der Waals surface area contributed by atoms with Crippen LogP contribution in [0.4, 0.5) is 0 Å². The van der Waals surface area contributed by atoms with Gasteiger partial charge in [0.05, 0.1) is 0 Å². The molecule has 0 aromatic carbocycles. The van der Waals surface area contributed by atoms with Crippen LogP contribution >= 0.6 is 0 Å². The number of Topliss-reactive ketones (excluding diaryl/α,β-unsaturated/α-hetero) is 1. The minimum Gasteiger partial charge on any atom is -0.335 e. The number of rotatable bonds is 6. The molecule has 2 aromatic rings. The van der Waals surface area contributed by atoms with Crippen LogP contribution in [-0.2, 0) is 6.54 Å². The Hall–Kier alpha value is -2.01. The zero-order chi connectivity index (χ0) is 16.1. The van der Waals surface area contributed by atoms with Crippen molar-refractivity contribution in [3.63, 3.8) is 0 Å². The molecule has 5 heteroatoms. The van der Waals surface area contributed by atoms with Crippen molar-refractivity contribution in [2.24, 2.45) is 5.92 Å². The monoisotopic (exact) mass is 312 g/mol. The second kappa shape index (κ2) is 7.51. The lowest BCUT2D eigenvalue weighted by Crippen LogP contribution is -2.39.